The molecule has 0 rings (SSSR count). The lowest BCUT2D eigenvalue weighted by Crippen LogP contribution is -2.13. The van der Waals surface area contributed by atoms with Crippen LogP contribution < -0.4 is 0 Å². The SMILES string of the molecule is CCCCOC(=O)C(C)/C=C\C(C)C. The highest BCUT2D eigenvalue weighted by atomic mass is 16.5. The van der Waals surface area contributed by atoms with Crippen LogP contribution in [0.4, 0.5) is 0 Å². The second kappa shape index (κ2) is 7.60. The van der Waals surface area contributed by atoms with Crippen LogP contribution in [0.1, 0.15) is 40.5 Å². The number of rotatable bonds is 6. The van der Waals surface area contributed by atoms with Crippen molar-refractivity contribution in [3.63, 3.8) is 0 Å². The lowest BCUT2D eigenvalue weighted by molar-refractivity contribution is -0.146. The van der Waals surface area contributed by atoms with Crippen molar-refractivity contribution in [3.8, 4) is 0 Å². The topological polar surface area (TPSA) is 26.3 Å². The van der Waals surface area contributed by atoms with E-state index in [-0.39, 0.29) is 11.9 Å². The molecule has 0 aliphatic heterocycles. The zero-order valence-corrected chi connectivity index (χ0v) is 9.75. The molecule has 0 amide bonds. The van der Waals surface area contributed by atoms with Crippen LogP contribution >= 0.6 is 0 Å². The lowest BCUT2D eigenvalue weighted by atomic mass is 10.1. The van der Waals surface area contributed by atoms with Gasteiger partial charge in [-0.2, -0.15) is 0 Å². The van der Waals surface area contributed by atoms with Gasteiger partial charge in [-0.1, -0.05) is 39.3 Å². The molecule has 0 aliphatic rings. The number of allylic oxidation sites excluding steroid dienone is 1. The first-order valence-electron chi connectivity index (χ1n) is 5.42. The van der Waals surface area contributed by atoms with E-state index in [9.17, 15) is 4.79 Å². The molecule has 0 bridgehead atoms. The lowest BCUT2D eigenvalue weighted by Gasteiger charge is -2.07. The quantitative estimate of drug-likeness (QED) is 0.372. The summed E-state index contributed by atoms with van der Waals surface area (Å²) in [5.41, 5.74) is 0. The Kier molecular flexibility index (Phi) is 7.17. The predicted molar refractivity (Wildman–Crippen MR) is 59.0 cm³/mol. The molecule has 0 spiro atoms. The Morgan fingerprint density at radius 3 is 2.43 bits per heavy atom. The van der Waals surface area contributed by atoms with Gasteiger partial charge in [-0.3, -0.25) is 4.79 Å². The third kappa shape index (κ3) is 6.70. The van der Waals surface area contributed by atoms with E-state index in [4.69, 9.17) is 4.74 Å². The summed E-state index contributed by atoms with van der Waals surface area (Å²) in [7, 11) is 0. The maximum absolute atomic E-state index is 11.4. The zero-order chi connectivity index (χ0) is 11.0. The minimum absolute atomic E-state index is 0.115. The Balaban J connectivity index is 3.76. The third-order valence-electron chi connectivity index (χ3n) is 1.90. The Labute approximate surface area is 87.3 Å². The smallest absolute Gasteiger partial charge is 0.312 e. The molecule has 2 nitrogen and oxygen atoms in total. The number of carbonyl (C=O) groups is 1. The van der Waals surface area contributed by atoms with E-state index in [1.54, 1.807) is 0 Å². The zero-order valence-electron chi connectivity index (χ0n) is 9.75. The fraction of sp³-hybridized carbons (Fsp3) is 0.750. The van der Waals surface area contributed by atoms with E-state index in [0.717, 1.165) is 12.8 Å². The van der Waals surface area contributed by atoms with Crippen molar-refractivity contribution in [2.24, 2.45) is 11.8 Å². The molecular weight excluding hydrogens is 176 g/mol. The molecule has 0 N–H and O–H groups in total. The first-order chi connectivity index (χ1) is 6.57. The van der Waals surface area contributed by atoms with E-state index >= 15 is 0 Å². The van der Waals surface area contributed by atoms with Crippen molar-refractivity contribution in [2.45, 2.75) is 40.5 Å². The van der Waals surface area contributed by atoms with Crippen LogP contribution in [0.2, 0.25) is 0 Å². The van der Waals surface area contributed by atoms with Gasteiger partial charge in [0.2, 0.25) is 0 Å². The Morgan fingerprint density at radius 2 is 1.93 bits per heavy atom. The van der Waals surface area contributed by atoms with Crippen molar-refractivity contribution in [2.75, 3.05) is 6.61 Å². The second-order valence-corrected chi connectivity index (χ2v) is 3.94. The van der Waals surface area contributed by atoms with Crippen LogP contribution in [0, 0.1) is 11.8 Å². The van der Waals surface area contributed by atoms with Crippen molar-refractivity contribution in [1.82, 2.24) is 0 Å². The minimum atomic E-state index is -0.116. The summed E-state index contributed by atoms with van der Waals surface area (Å²) in [6.45, 7) is 8.68. The number of hydrogen-bond donors (Lipinski definition) is 0. The second-order valence-electron chi connectivity index (χ2n) is 3.94. The highest BCUT2D eigenvalue weighted by molar-refractivity contribution is 5.73. The van der Waals surface area contributed by atoms with Gasteiger partial charge in [0.15, 0.2) is 0 Å². The van der Waals surface area contributed by atoms with Crippen molar-refractivity contribution in [1.29, 1.82) is 0 Å². The summed E-state index contributed by atoms with van der Waals surface area (Å²) in [6, 6.07) is 0. The molecule has 82 valence electrons. The fourth-order valence-electron chi connectivity index (χ4n) is 0.916. The van der Waals surface area contributed by atoms with Crippen LogP contribution in [0.15, 0.2) is 12.2 Å². The summed E-state index contributed by atoms with van der Waals surface area (Å²) >= 11 is 0. The third-order valence-corrected chi connectivity index (χ3v) is 1.90. The van der Waals surface area contributed by atoms with Gasteiger partial charge in [-0.15, -0.1) is 0 Å². The van der Waals surface area contributed by atoms with Gasteiger partial charge < -0.3 is 4.74 Å². The van der Waals surface area contributed by atoms with Crippen LogP contribution in [-0.4, -0.2) is 12.6 Å². The summed E-state index contributed by atoms with van der Waals surface area (Å²) < 4.78 is 5.09. The number of esters is 1. The molecule has 0 saturated heterocycles. The van der Waals surface area contributed by atoms with E-state index in [2.05, 4.69) is 20.8 Å². The Morgan fingerprint density at radius 1 is 1.29 bits per heavy atom. The molecule has 0 saturated carbocycles. The first kappa shape index (κ1) is 13.2. The molecular formula is C12H22O2. The standard InChI is InChI=1S/C12H22O2/c1-5-6-9-14-12(13)11(4)8-7-10(2)3/h7-8,10-11H,5-6,9H2,1-4H3/b8-7-. The monoisotopic (exact) mass is 198 g/mol. The molecule has 2 heteroatoms. The average molecular weight is 198 g/mol. The van der Waals surface area contributed by atoms with E-state index in [0.29, 0.717) is 12.5 Å². The first-order valence-corrected chi connectivity index (χ1v) is 5.42. The number of carbonyl (C=O) groups excluding carboxylic acids is 1. The highest BCUT2D eigenvalue weighted by Gasteiger charge is 2.10. The molecule has 0 fully saturated rings. The Bertz CT molecular complexity index is 183. The van der Waals surface area contributed by atoms with E-state index < -0.39 is 0 Å². The molecule has 0 aromatic heterocycles. The number of ether oxygens (including phenoxy) is 1. The predicted octanol–water partition coefficient (Wildman–Crippen LogP) is 3.18. The fourth-order valence-corrected chi connectivity index (χ4v) is 0.916. The van der Waals surface area contributed by atoms with Gasteiger partial charge in [0.05, 0.1) is 12.5 Å². The molecule has 0 aliphatic carbocycles. The molecule has 1 unspecified atom stereocenters. The summed E-state index contributed by atoms with van der Waals surface area (Å²) in [4.78, 5) is 11.4. The molecule has 0 aromatic rings. The van der Waals surface area contributed by atoms with Gasteiger partial charge in [0, 0.05) is 0 Å². The van der Waals surface area contributed by atoms with Gasteiger partial charge in [-0.05, 0) is 19.3 Å². The van der Waals surface area contributed by atoms with Gasteiger partial charge >= 0.3 is 5.97 Å². The van der Waals surface area contributed by atoms with Crippen LogP contribution in [0.5, 0.6) is 0 Å². The largest absolute Gasteiger partial charge is 0.465 e. The van der Waals surface area contributed by atoms with E-state index in [1.165, 1.54) is 0 Å². The molecule has 14 heavy (non-hydrogen) atoms. The van der Waals surface area contributed by atoms with Crippen molar-refractivity contribution in [3.05, 3.63) is 12.2 Å². The summed E-state index contributed by atoms with van der Waals surface area (Å²) in [6.07, 6.45) is 5.96. The highest BCUT2D eigenvalue weighted by Crippen LogP contribution is 2.04. The van der Waals surface area contributed by atoms with Crippen LogP contribution in [-0.2, 0) is 9.53 Å². The van der Waals surface area contributed by atoms with Crippen molar-refractivity contribution < 1.29 is 9.53 Å². The molecule has 1 atom stereocenters. The normalized spacial score (nSPS) is 13.5. The average Bonchev–Trinajstić information content (AvgIpc) is 2.14. The maximum atomic E-state index is 11.4. The van der Waals surface area contributed by atoms with Crippen LogP contribution in [0.3, 0.4) is 0 Å². The maximum Gasteiger partial charge on any atom is 0.312 e. The minimum Gasteiger partial charge on any atom is -0.465 e. The Hall–Kier alpha value is -0.790. The van der Waals surface area contributed by atoms with E-state index in [1.807, 2.05) is 19.1 Å². The van der Waals surface area contributed by atoms with Crippen molar-refractivity contribution >= 4 is 5.97 Å². The van der Waals surface area contributed by atoms with Gasteiger partial charge in [-0.25, -0.2) is 0 Å². The molecule has 0 radical (unpaired) electrons. The molecule has 0 aromatic carbocycles. The van der Waals surface area contributed by atoms with Gasteiger partial charge in [0.1, 0.15) is 0 Å². The number of unbranched alkanes of at least 4 members (excludes halogenated alkanes) is 1. The van der Waals surface area contributed by atoms with Crippen LogP contribution in [0.25, 0.3) is 0 Å². The van der Waals surface area contributed by atoms with Gasteiger partial charge in [0.25, 0.3) is 0 Å². The number of hydrogen-bond acceptors (Lipinski definition) is 2. The summed E-state index contributed by atoms with van der Waals surface area (Å²) in [5.74, 6) is 0.255. The molecule has 0 heterocycles. The summed E-state index contributed by atoms with van der Waals surface area (Å²) in [5, 5.41) is 0.